The van der Waals surface area contributed by atoms with Gasteiger partial charge in [-0.2, -0.15) is 0 Å². The van der Waals surface area contributed by atoms with Gasteiger partial charge in [0.1, 0.15) is 5.01 Å². The third-order valence-electron chi connectivity index (χ3n) is 2.61. The van der Waals surface area contributed by atoms with Crippen LogP contribution < -0.4 is 0 Å². The molecule has 94 valence electrons. The van der Waals surface area contributed by atoms with Gasteiger partial charge >= 0.3 is 0 Å². The summed E-state index contributed by atoms with van der Waals surface area (Å²) in [7, 11) is 0. The topological polar surface area (TPSA) is 30.0 Å². The molecule has 1 heterocycles. The van der Waals surface area contributed by atoms with Crippen LogP contribution in [0.1, 0.15) is 35.6 Å². The summed E-state index contributed by atoms with van der Waals surface area (Å²) in [5, 5.41) is 1.50. The molecule has 0 radical (unpaired) electrons. The van der Waals surface area contributed by atoms with Crippen molar-refractivity contribution in [1.82, 2.24) is 4.98 Å². The predicted molar refractivity (Wildman–Crippen MR) is 76.6 cm³/mol. The van der Waals surface area contributed by atoms with Crippen LogP contribution in [0, 0.1) is 0 Å². The third kappa shape index (κ3) is 2.62. The van der Waals surface area contributed by atoms with Gasteiger partial charge in [0, 0.05) is 12.5 Å². The minimum Gasteiger partial charge on any atom is -0.294 e. The van der Waals surface area contributed by atoms with Gasteiger partial charge in [0.25, 0.3) is 0 Å². The van der Waals surface area contributed by atoms with Crippen LogP contribution in [0.4, 0.5) is 0 Å². The number of ketones is 1. The summed E-state index contributed by atoms with van der Waals surface area (Å²) >= 11 is 7.59. The van der Waals surface area contributed by atoms with E-state index in [0.29, 0.717) is 5.02 Å². The number of Topliss-reactive ketones (excluding diaryl/α,β-unsaturated/α-hetero) is 1. The number of nitrogens with zero attached hydrogens (tertiary/aromatic N) is 1. The standard InChI is InChI=1S/C14H14ClNOS/c1-3-6-12-13(9(2)17)18-14(16-12)10-7-4-5-8-11(10)15/h4-5,7-8H,3,6H2,1-2H3. The minimum atomic E-state index is 0.0780. The second-order valence-corrected chi connectivity index (χ2v) is 5.49. The SMILES string of the molecule is CCCc1nc(-c2ccccc2Cl)sc1C(C)=O. The maximum absolute atomic E-state index is 11.6. The summed E-state index contributed by atoms with van der Waals surface area (Å²) in [6.45, 7) is 3.67. The number of rotatable bonds is 4. The molecule has 1 aromatic carbocycles. The van der Waals surface area contributed by atoms with Gasteiger partial charge in [0.15, 0.2) is 5.78 Å². The van der Waals surface area contributed by atoms with Gasteiger partial charge in [-0.1, -0.05) is 43.1 Å². The fourth-order valence-corrected chi connectivity index (χ4v) is 3.11. The number of carbonyl (C=O) groups excluding carboxylic acids is 1. The van der Waals surface area contributed by atoms with E-state index in [0.717, 1.165) is 34.0 Å². The van der Waals surface area contributed by atoms with E-state index < -0.39 is 0 Å². The average molecular weight is 280 g/mol. The van der Waals surface area contributed by atoms with Gasteiger partial charge in [-0.05, 0) is 12.5 Å². The normalized spacial score (nSPS) is 10.6. The van der Waals surface area contributed by atoms with Crippen LogP contribution in [0.2, 0.25) is 5.02 Å². The van der Waals surface area contributed by atoms with Crippen molar-refractivity contribution >= 4 is 28.7 Å². The van der Waals surface area contributed by atoms with Crippen LogP contribution in [0.3, 0.4) is 0 Å². The molecule has 4 heteroatoms. The van der Waals surface area contributed by atoms with E-state index in [9.17, 15) is 4.79 Å². The summed E-state index contributed by atoms with van der Waals surface area (Å²) in [6, 6.07) is 7.58. The van der Waals surface area contributed by atoms with E-state index in [2.05, 4.69) is 11.9 Å². The summed E-state index contributed by atoms with van der Waals surface area (Å²) < 4.78 is 0. The van der Waals surface area contributed by atoms with Crippen LogP contribution in [-0.4, -0.2) is 10.8 Å². The zero-order chi connectivity index (χ0) is 13.1. The first-order valence-electron chi connectivity index (χ1n) is 5.89. The van der Waals surface area contributed by atoms with Crippen LogP contribution in [0.5, 0.6) is 0 Å². The molecule has 2 rings (SSSR count). The third-order valence-corrected chi connectivity index (χ3v) is 4.17. The predicted octanol–water partition coefficient (Wildman–Crippen LogP) is 4.62. The number of carbonyl (C=O) groups is 1. The molecule has 0 N–H and O–H groups in total. The number of aromatic nitrogens is 1. The molecule has 2 aromatic rings. The molecule has 0 amide bonds. The lowest BCUT2D eigenvalue weighted by Crippen LogP contribution is -1.95. The Labute approximate surface area is 116 Å². The lowest BCUT2D eigenvalue weighted by atomic mass is 10.2. The number of halogens is 1. The molecule has 0 bridgehead atoms. The molecule has 0 saturated carbocycles. The first kappa shape index (κ1) is 13.2. The maximum atomic E-state index is 11.6. The molecule has 0 saturated heterocycles. The second kappa shape index (κ2) is 5.63. The van der Waals surface area contributed by atoms with Crippen LogP contribution in [0.25, 0.3) is 10.6 Å². The number of hydrogen-bond donors (Lipinski definition) is 0. The molecule has 0 aliphatic heterocycles. The van der Waals surface area contributed by atoms with Crippen molar-refractivity contribution < 1.29 is 4.79 Å². The van der Waals surface area contributed by atoms with E-state index in [1.54, 1.807) is 6.92 Å². The number of aryl methyl sites for hydroxylation is 1. The Bertz CT molecular complexity index is 577. The monoisotopic (exact) mass is 279 g/mol. The quantitative estimate of drug-likeness (QED) is 0.765. The molecule has 18 heavy (non-hydrogen) atoms. The van der Waals surface area contributed by atoms with E-state index in [1.807, 2.05) is 24.3 Å². The molecule has 0 aliphatic rings. The van der Waals surface area contributed by atoms with E-state index >= 15 is 0 Å². The number of benzene rings is 1. The second-order valence-electron chi connectivity index (χ2n) is 4.08. The molecule has 0 fully saturated rings. The smallest absolute Gasteiger partial charge is 0.171 e. The van der Waals surface area contributed by atoms with Crippen molar-refractivity contribution in [1.29, 1.82) is 0 Å². The van der Waals surface area contributed by atoms with Crippen LogP contribution in [0.15, 0.2) is 24.3 Å². The summed E-state index contributed by atoms with van der Waals surface area (Å²) in [4.78, 5) is 16.9. The van der Waals surface area contributed by atoms with Gasteiger partial charge in [-0.25, -0.2) is 4.98 Å². The highest BCUT2D eigenvalue weighted by Gasteiger charge is 2.16. The highest BCUT2D eigenvalue weighted by molar-refractivity contribution is 7.17. The molecule has 0 atom stereocenters. The van der Waals surface area contributed by atoms with Crippen molar-refractivity contribution in [2.24, 2.45) is 0 Å². The molecule has 1 aromatic heterocycles. The van der Waals surface area contributed by atoms with Crippen LogP contribution in [-0.2, 0) is 6.42 Å². The van der Waals surface area contributed by atoms with Gasteiger partial charge in [0.05, 0.1) is 15.6 Å². The summed E-state index contributed by atoms with van der Waals surface area (Å²) in [5.41, 5.74) is 1.79. The Morgan fingerprint density at radius 2 is 2.11 bits per heavy atom. The molecule has 0 aliphatic carbocycles. The van der Waals surface area contributed by atoms with Crippen LogP contribution >= 0.6 is 22.9 Å². The Kier molecular flexibility index (Phi) is 4.15. The molecule has 2 nitrogen and oxygen atoms in total. The van der Waals surface area contributed by atoms with Gasteiger partial charge < -0.3 is 0 Å². The molecular formula is C14H14ClNOS. The highest BCUT2D eigenvalue weighted by Crippen LogP contribution is 2.33. The lowest BCUT2D eigenvalue weighted by molar-refractivity contribution is 0.102. The first-order valence-corrected chi connectivity index (χ1v) is 7.08. The average Bonchev–Trinajstić information content (AvgIpc) is 2.74. The maximum Gasteiger partial charge on any atom is 0.171 e. The zero-order valence-electron chi connectivity index (χ0n) is 10.4. The number of thiazole rings is 1. The minimum absolute atomic E-state index is 0.0780. The Hall–Kier alpha value is -1.19. The van der Waals surface area contributed by atoms with Crippen molar-refractivity contribution in [3.63, 3.8) is 0 Å². The zero-order valence-corrected chi connectivity index (χ0v) is 11.9. The van der Waals surface area contributed by atoms with E-state index in [-0.39, 0.29) is 5.78 Å². The summed E-state index contributed by atoms with van der Waals surface area (Å²) in [5.74, 6) is 0.0780. The van der Waals surface area contributed by atoms with E-state index in [1.165, 1.54) is 11.3 Å². The molecule has 0 unspecified atom stereocenters. The van der Waals surface area contributed by atoms with Crippen molar-refractivity contribution in [2.75, 3.05) is 0 Å². The van der Waals surface area contributed by atoms with E-state index in [4.69, 9.17) is 11.6 Å². The van der Waals surface area contributed by atoms with Crippen molar-refractivity contribution in [3.8, 4) is 10.6 Å². The highest BCUT2D eigenvalue weighted by atomic mass is 35.5. The van der Waals surface area contributed by atoms with Gasteiger partial charge in [-0.3, -0.25) is 4.79 Å². The molecule has 0 spiro atoms. The fourth-order valence-electron chi connectivity index (χ4n) is 1.78. The Balaban J connectivity index is 2.50. The lowest BCUT2D eigenvalue weighted by Gasteiger charge is -1.98. The summed E-state index contributed by atoms with van der Waals surface area (Å²) in [6.07, 6.45) is 1.81. The first-order chi connectivity index (χ1) is 8.63. The Morgan fingerprint density at radius 3 is 2.72 bits per heavy atom. The Morgan fingerprint density at radius 1 is 1.39 bits per heavy atom. The van der Waals surface area contributed by atoms with Gasteiger partial charge in [0.2, 0.25) is 0 Å². The fraction of sp³-hybridized carbons (Fsp3) is 0.286. The van der Waals surface area contributed by atoms with Gasteiger partial charge in [-0.15, -0.1) is 11.3 Å². The molecular weight excluding hydrogens is 266 g/mol. The largest absolute Gasteiger partial charge is 0.294 e. The van der Waals surface area contributed by atoms with Crippen molar-refractivity contribution in [3.05, 3.63) is 39.9 Å². The number of hydrogen-bond acceptors (Lipinski definition) is 3. The van der Waals surface area contributed by atoms with Crippen molar-refractivity contribution in [2.45, 2.75) is 26.7 Å².